The van der Waals surface area contributed by atoms with Crippen LogP contribution in [-0.2, 0) is 11.2 Å². The topological polar surface area (TPSA) is 26.3 Å². The highest BCUT2D eigenvalue weighted by atomic mass is 19.1. The summed E-state index contributed by atoms with van der Waals surface area (Å²) >= 11 is 0. The summed E-state index contributed by atoms with van der Waals surface area (Å²) < 4.78 is 18.4. The molecule has 0 amide bonds. The first kappa shape index (κ1) is 13.0. The summed E-state index contributed by atoms with van der Waals surface area (Å²) in [6.07, 6.45) is 1.24. The second-order valence-corrected chi connectivity index (χ2v) is 4.05. The summed E-state index contributed by atoms with van der Waals surface area (Å²) in [5.74, 6) is 0.780. The van der Waals surface area contributed by atoms with E-state index < -0.39 is 0 Å². The zero-order chi connectivity index (χ0) is 13.7. The fraction of sp³-hybridized carbons (Fsp3) is 0.0625. The summed E-state index contributed by atoms with van der Waals surface area (Å²) in [7, 11) is 0. The smallest absolute Gasteiger partial charge is 0.127 e. The van der Waals surface area contributed by atoms with Crippen LogP contribution in [0.5, 0.6) is 5.75 Å². The standard InChI is InChI=1S/C16H13FO2/c1-12(14-4-6-15(17)7-5-14)19-16-8-2-13(3-9-16)10-11-18/h2-9,11H,1,10H2. The first-order chi connectivity index (χ1) is 9.19. The number of rotatable bonds is 5. The Morgan fingerprint density at radius 1 is 1.11 bits per heavy atom. The number of ether oxygens (including phenoxy) is 1. The van der Waals surface area contributed by atoms with Crippen LogP contribution in [-0.4, -0.2) is 6.29 Å². The Bertz CT molecular complexity index is 571. The molecule has 0 atom stereocenters. The maximum Gasteiger partial charge on any atom is 0.127 e. The van der Waals surface area contributed by atoms with Gasteiger partial charge in [-0.2, -0.15) is 0 Å². The lowest BCUT2D eigenvalue weighted by atomic mass is 10.1. The summed E-state index contributed by atoms with van der Waals surface area (Å²) in [6, 6.07) is 13.1. The quantitative estimate of drug-likeness (QED) is 0.603. The SMILES string of the molecule is C=C(Oc1ccc(CC=O)cc1)c1ccc(F)cc1. The molecule has 3 heteroatoms. The van der Waals surface area contributed by atoms with Crippen LogP contribution in [0.1, 0.15) is 11.1 Å². The highest BCUT2D eigenvalue weighted by Crippen LogP contribution is 2.20. The second-order valence-electron chi connectivity index (χ2n) is 4.05. The van der Waals surface area contributed by atoms with Crippen molar-refractivity contribution >= 4 is 12.0 Å². The Kier molecular flexibility index (Phi) is 4.08. The molecule has 0 saturated carbocycles. The van der Waals surface area contributed by atoms with E-state index in [1.807, 2.05) is 12.1 Å². The number of halogens is 1. The highest BCUT2D eigenvalue weighted by molar-refractivity contribution is 5.60. The minimum absolute atomic E-state index is 0.297. The molecule has 0 unspecified atom stereocenters. The van der Waals surface area contributed by atoms with E-state index in [0.717, 1.165) is 17.4 Å². The van der Waals surface area contributed by atoms with Crippen LogP contribution in [0.25, 0.3) is 5.76 Å². The third-order valence-corrected chi connectivity index (χ3v) is 2.65. The molecular formula is C16H13FO2. The van der Waals surface area contributed by atoms with Crippen molar-refractivity contribution in [3.8, 4) is 5.75 Å². The van der Waals surface area contributed by atoms with Crippen LogP contribution >= 0.6 is 0 Å². The molecule has 0 heterocycles. The zero-order valence-corrected chi connectivity index (χ0v) is 10.3. The minimum Gasteiger partial charge on any atom is -0.457 e. The molecule has 0 aliphatic carbocycles. The van der Waals surface area contributed by atoms with Gasteiger partial charge < -0.3 is 9.53 Å². The van der Waals surface area contributed by atoms with Crippen LogP contribution in [0, 0.1) is 5.82 Å². The van der Waals surface area contributed by atoms with E-state index in [1.165, 1.54) is 12.1 Å². The molecular weight excluding hydrogens is 243 g/mol. The van der Waals surface area contributed by atoms with Gasteiger partial charge in [-0.15, -0.1) is 0 Å². The molecule has 0 fully saturated rings. The van der Waals surface area contributed by atoms with Gasteiger partial charge in [-0.25, -0.2) is 4.39 Å². The van der Waals surface area contributed by atoms with E-state index in [4.69, 9.17) is 4.74 Å². The number of benzene rings is 2. The Labute approximate surface area is 111 Å². The first-order valence-corrected chi connectivity index (χ1v) is 5.84. The van der Waals surface area contributed by atoms with Crippen LogP contribution in [0.4, 0.5) is 4.39 Å². The largest absolute Gasteiger partial charge is 0.457 e. The molecule has 2 nitrogen and oxygen atoms in total. The van der Waals surface area contributed by atoms with Gasteiger partial charge in [0.05, 0.1) is 0 Å². The highest BCUT2D eigenvalue weighted by Gasteiger charge is 2.02. The predicted molar refractivity (Wildman–Crippen MR) is 72.3 cm³/mol. The third-order valence-electron chi connectivity index (χ3n) is 2.65. The number of carbonyl (C=O) groups is 1. The van der Waals surface area contributed by atoms with Gasteiger partial charge in [0.1, 0.15) is 23.6 Å². The minimum atomic E-state index is -0.297. The van der Waals surface area contributed by atoms with Crippen molar-refractivity contribution < 1.29 is 13.9 Å². The van der Waals surface area contributed by atoms with Crippen LogP contribution in [0.2, 0.25) is 0 Å². The Hall–Kier alpha value is -2.42. The van der Waals surface area contributed by atoms with Gasteiger partial charge in [-0.1, -0.05) is 18.7 Å². The predicted octanol–water partition coefficient (Wildman–Crippen LogP) is 3.62. The summed E-state index contributed by atoms with van der Waals surface area (Å²) in [5.41, 5.74) is 1.65. The Morgan fingerprint density at radius 3 is 2.32 bits per heavy atom. The molecule has 96 valence electrons. The van der Waals surface area contributed by atoms with Crippen molar-refractivity contribution in [2.24, 2.45) is 0 Å². The Balaban J connectivity index is 2.06. The Morgan fingerprint density at radius 2 is 1.74 bits per heavy atom. The van der Waals surface area contributed by atoms with Crippen molar-refractivity contribution in [1.82, 2.24) is 0 Å². The molecule has 2 aromatic rings. The van der Waals surface area contributed by atoms with Crippen LogP contribution in [0.3, 0.4) is 0 Å². The van der Waals surface area contributed by atoms with E-state index >= 15 is 0 Å². The molecule has 0 bridgehead atoms. The fourth-order valence-corrected chi connectivity index (χ4v) is 1.63. The van der Waals surface area contributed by atoms with Gasteiger partial charge in [-0.3, -0.25) is 0 Å². The van der Waals surface area contributed by atoms with Crippen LogP contribution < -0.4 is 4.74 Å². The molecule has 0 aromatic heterocycles. The van der Waals surface area contributed by atoms with Gasteiger partial charge in [-0.05, 0) is 42.0 Å². The lowest BCUT2D eigenvalue weighted by Gasteiger charge is -2.09. The number of hydrogen-bond acceptors (Lipinski definition) is 2. The average Bonchev–Trinajstić information content (AvgIpc) is 2.42. The third kappa shape index (κ3) is 3.52. The monoisotopic (exact) mass is 256 g/mol. The van der Waals surface area contributed by atoms with E-state index in [1.54, 1.807) is 24.3 Å². The van der Waals surface area contributed by atoms with Gasteiger partial charge in [0.2, 0.25) is 0 Å². The van der Waals surface area contributed by atoms with Crippen molar-refractivity contribution in [2.45, 2.75) is 6.42 Å². The van der Waals surface area contributed by atoms with Crippen molar-refractivity contribution in [3.63, 3.8) is 0 Å². The number of carbonyl (C=O) groups excluding carboxylic acids is 1. The lowest BCUT2D eigenvalue weighted by molar-refractivity contribution is -0.107. The van der Waals surface area contributed by atoms with E-state index in [9.17, 15) is 9.18 Å². The molecule has 0 radical (unpaired) electrons. The van der Waals surface area contributed by atoms with Crippen molar-refractivity contribution in [1.29, 1.82) is 0 Å². The maximum atomic E-state index is 12.8. The fourth-order valence-electron chi connectivity index (χ4n) is 1.63. The van der Waals surface area contributed by atoms with E-state index in [0.29, 0.717) is 17.9 Å². The molecule has 0 saturated heterocycles. The number of aldehydes is 1. The zero-order valence-electron chi connectivity index (χ0n) is 10.3. The second kappa shape index (κ2) is 5.96. The molecule has 0 N–H and O–H groups in total. The van der Waals surface area contributed by atoms with Gasteiger partial charge in [0.15, 0.2) is 0 Å². The van der Waals surface area contributed by atoms with Crippen molar-refractivity contribution in [3.05, 3.63) is 72.1 Å². The van der Waals surface area contributed by atoms with Crippen molar-refractivity contribution in [2.75, 3.05) is 0 Å². The molecule has 2 rings (SSSR count). The average molecular weight is 256 g/mol. The maximum absolute atomic E-state index is 12.8. The van der Waals surface area contributed by atoms with Gasteiger partial charge in [0, 0.05) is 12.0 Å². The van der Waals surface area contributed by atoms with Gasteiger partial charge >= 0.3 is 0 Å². The molecule has 2 aromatic carbocycles. The molecule has 0 aliphatic rings. The molecule has 0 aliphatic heterocycles. The molecule has 19 heavy (non-hydrogen) atoms. The summed E-state index contributed by atoms with van der Waals surface area (Å²) in [4.78, 5) is 10.4. The molecule has 0 spiro atoms. The first-order valence-electron chi connectivity index (χ1n) is 5.84. The number of hydrogen-bond donors (Lipinski definition) is 0. The van der Waals surface area contributed by atoms with E-state index in [-0.39, 0.29) is 5.82 Å². The van der Waals surface area contributed by atoms with E-state index in [2.05, 4.69) is 6.58 Å². The summed E-state index contributed by atoms with van der Waals surface area (Å²) in [5, 5.41) is 0. The lowest BCUT2D eigenvalue weighted by Crippen LogP contribution is -1.94. The van der Waals surface area contributed by atoms with Crippen LogP contribution in [0.15, 0.2) is 55.1 Å². The normalized spacial score (nSPS) is 9.95. The summed E-state index contributed by atoms with van der Waals surface area (Å²) in [6.45, 7) is 3.81. The van der Waals surface area contributed by atoms with Gasteiger partial charge in [0.25, 0.3) is 0 Å².